The minimum Gasteiger partial charge on any atom is -0.507 e. The van der Waals surface area contributed by atoms with Crippen molar-refractivity contribution >= 4 is 38.6 Å². The molecule has 0 aliphatic heterocycles. The molecular formula is C26H22FN3O4S. The highest BCUT2D eigenvalue weighted by molar-refractivity contribution is 7.92. The summed E-state index contributed by atoms with van der Waals surface area (Å²) in [5.74, 6) is -1.29. The standard InChI is InChI=1S/C26H22FN3O4S/c1-18-6-11-21(12-7-18)30(35(33,34)22-13-9-20(27)10-14-22)17-26(32)29-28-16-24-23-5-3-2-4-19(23)8-15-25(24)31/h2-16,31H,17H2,1H3,(H,29,32)/b28-16-. The first kappa shape index (κ1) is 23.9. The Bertz CT molecular complexity index is 1500. The number of hydrazone groups is 1. The number of hydrogen-bond acceptors (Lipinski definition) is 5. The van der Waals surface area contributed by atoms with Crippen LogP contribution in [-0.2, 0) is 14.8 Å². The Balaban J connectivity index is 1.59. The topological polar surface area (TPSA) is 99.1 Å². The molecule has 0 heterocycles. The van der Waals surface area contributed by atoms with Gasteiger partial charge in [0.2, 0.25) is 0 Å². The fourth-order valence-electron chi connectivity index (χ4n) is 3.51. The van der Waals surface area contributed by atoms with Crippen LogP contribution in [0.2, 0.25) is 0 Å². The van der Waals surface area contributed by atoms with Crippen molar-refractivity contribution in [2.45, 2.75) is 11.8 Å². The van der Waals surface area contributed by atoms with Crippen molar-refractivity contribution in [2.75, 3.05) is 10.8 Å². The predicted molar refractivity (Wildman–Crippen MR) is 133 cm³/mol. The van der Waals surface area contributed by atoms with Gasteiger partial charge in [-0.05, 0) is 60.2 Å². The van der Waals surface area contributed by atoms with Gasteiger partial charge < -0.3 is 5.11 Å². The summed E-state index contributed by atoms with van der Waals surface area (Å²) in [4.78, 5) is 12.6. The largest absolute Gasteiger partial charge is 0.507 e. The van der Waals surface area contributed by atoms with Gasteiger partial charge in [0.05, 0.1) is 16.8 Å². The van der Waals surface area contributed by atoms with Crippen molar-refractivity contribution in [3.63, 3.8) is 0 Å². The summed E-state index contributed by atoms with van der Waals surface area (Å²) in [5.41, 5.74) is 3.92. The molecule has 35 heavy (non-hydrogen) atoms. The van der Waals surface area contributed by atoms with E-state index in [0.717, 1.165) is 44.9 Å². The molecule has 0 aliphatic rings. The van der Waals surface area contributed by atoms with Gasteiger partial charge in [-0.2, -0.15) is 5.10 Å². The number of hydrogen-bond donors (Lipinski definition) is 2. The highest BCUT2D eigenvalue weighted by Gasteiger charge is 2.27. The molecule has 0 atom stereocenters. The molecule has 4 rings (SSSR count). The van der Waals surface area contributed by atoms with Gasteiger partial charge in [0, 0.05) is 5.56 Å². The lowest BCUT2D eigenvalue weighted by atomic mass is 10.0. The van der Waals surface area contributed by atoms with E-state index in [1.165, 1.54) is 12.3 Å². The van der Waals surface area contributed by atoms with Gasteiger partial charge in [-0.15, -0.1) is 0 Å². The number of aromatic hydroxyl groups is 1. The fraction of sp³-hybridized carbons (Fsp3) is 0.0769. The second-order valence-corrected chi connectivity index (χ2v) is 9.68. The molecule has 9 heteroatoms. The molecule has 1 amide bonds. The maximum absolute atomic E-state index is 13.4. The molecule has 0 aliphatic carbocycles. The van der Waals surface area contributed by atoms with Gasteiger partial charge in [0.1, 0.15) is 18.1 Å². The molecule has 0 fully saturated rings. The van der Waals surface area contributed by atoms with Crippen LogP contribution in [0.1, 0.15) is 11.1 Å². The molecule has 0 aromatic heterocycles. The van der Waals surface area contributed by atoms with Crippen LogP contribution in [0.25, 0.3) is 10.8 Å². The molecule has 0 spiro atoms. The second-order valence-electron chi connectivity index (χ2n) is 7.81. The Morgan fingerprint density at radius 1 is 1.00 bits per heavy atom. The number of sulfonamides is 1. The van der Waals surface area contributed by atoms with E-state index >= 15 is 0 Å². The number of aryl methyl sites for hydroxylation is 1. The lowest BCUT2D eigenvalue weighted by molar-refractivity contribution is -0.119. The minimum absolute atomic E-state index is 0.0122. The van der Waals surface area contributed by atoms with Crippen molar-refractivity contribution in [3.8, 4) is 5.75 Å². The zero-order chi connectivity index (χ0) is 25.0. The normalized spacial score (nSPS) is 11.6. The van der Waals surface area contributed by atoms with Crippen LogP contribution in [0.3, 0.4) is 0 Å². The summed E-state index contributed by atoms with van der Waals surface area (Å²) >= 11 is 0. The van der Waals surface area contributed by atoms with E-state index < -0.39 is 28.3 Å². The molecular weight excluding hydrogens is 469 g/mol. The van der Waals surface area contributed by atoms with Crippen molar-refractivity contribution in [1.82, 2.24) is 5.43 Å². The summed E-state index contributed by atoms with van der Waals surface area (Å²) in [6.45, 7) is 1.29. The molecule has 0 unspecified atom stereocenters. The Morgan fingerprint density at radius 3 is 2.40 bits per heavy atom. The van der Waals surface area contributed by atoms with Gasteiger partial charge in [0.25, 0.3) is 15.9 Å². The zero-order valence-electron chi connectivity index (χ0n) is 18.7. The van der Waals surface area contributed by atoms with Crippen LogP contribution >= 0.6 is 0 Å². The zero-order valence-corrected chi connectivity index (χ0v) is 19.5. The molecule has 0 bridgehead atoms. The molecule has 178 valence electrons. The number of fused-ring (bicyclic) bond motifs is 1. The van der Waals surface area contributed by atoms with Gasteiger partial charge in [-0.25, -0.2) is 18.2 Å². The van der Waals surface area contributed by atoms with Crippen LogP contribution in [0.4, 0.5) is 10.1 Å². The number of halogens is 1. The Morgan fingerprint density at radius 2 is 1.69 bits per heavy atom. The van der Waals surface area contributed by atoms with E-state index in [4.69, 9.17) is 0 Å². The van der Waals surface area contributed by atoms with E-state index in [-0.39, 0.29) is 16.3 Å². The average molecular weight is 492 g/mol. The lowest BCUT2D eigenvalue weighted by Crippen LogP contribution is -2.39. The summed E-state index contributed by atoms with van der Waals surface area (Å²) < 4.78 is 40.9. The summed E-state index contributed by atoms with van der Waals surface area (Å²) in [7, 11) is -4.18. The highest BCUT2D eigenvalue weighted by atomic mass is 32.2. The molecule has 4 aromatic rings. The third-order valence-corrected chi connectivity index (χ3v) is 7.13. The summed E-state index contributed by atoms with van der Waals surface area (Å²) in [6, 6.07) is 21.7. The number of carbonyl (C=O) groups excluding carboxylic acids is 1. The van der Waals surface area contributed by atoms with Crippen LogP contribution in [-0.4, -0.2) is 32.2 Å². The number of anilines is 1. The van der Waals surface area contributed by atoms with E-state index in [1.807, 2.05) is 31.2 Å². The van der Waals surface area contributed by atoms with Crippen LogP contribution < -0.4 is 9.73 Å². The number of amides is 1. The van der Waals surface area contributed by atoms with Crippen LogP contribution in [0.15, 0.2) is 94.9 Å². The molecule has 7 nitrogen and oxygen atoms in total. The van der Waals surface area contributed by atoms with Gasteiger partial charge in [0.15, 0.2) is 0 Å². The highest BCUT2D eigenvalue weighted by Crippen LogP contribution is 2.26. The van der Waals surface area contributed by atoms with Crippen molar-refractivity contribution in [2.24, 2.45) is 5.10 Å². The third kappa shape index (κ3) is 5.30. The second kappa shape index (κ2) is 9.94. The van der Waals surface area contributed by atoms with Crippen molar-refractivity contribution < 1.29 is 22.7 Å². The first-order valence-electron chi connectivity index (χ1n) is 10.6. The third-order valence-electron chi connectivity index (χ3n) is 5.34. The molecule has 0 saturated carbocycles. The monoisotopic (exact) mass is 491 g/mol. The van der Waals surface area contributed by atoms with E-state index in [2.05, 4.69) is 10.5 Å². The number of phenolic OH excluding ortho intramolecular Hbond substituents is 1. The van der Waals surface area contributed by atoms with Crippen molar-refractivity contribution in [1.29, 1.82) is 0 Å². The van der Waals surface area contributed by atoms with Crippen LogP contribution in [0.5, 0.6) is 5.75 Å². The number of rotatable bonds is 7. The maximum atomic E-state index is 13.4. The quantitative estimate of drug-likeness (QED) is 0.297. The number of phenols is 1. The number of carbonyl (C=O) groups is 1. The average Bonchev–Trinajstić information content (AvgIpc) is 2.85. The predicted octanol–water partition coefficient (Wildman–Crippen LogP) is 4.34. The first-order chi connectivity index (χ1) is 16.8. The summed E-state index contributed by atoms with van der Waals surface area (Å²) in [5, 5.41) is 15.8. The fourth-order valence-corrected chi connectivity index (χ4v) is 4.94. The number of nitrogens with zero attached hydrogens (tertiary/aromatic N) is 2. The van der Waals surface area contributed by atoms with Gasteiger partial charge >= 0.3 is 0 Å². The first-order valence-corrected chi connectivity index (χ1v) is 12.1. The molecule has 0 radical (unpaired) electrons. The lowest BCUT2D eigenvalue weighted by Gasteiger charge is -2.23. The van der Waals surface area contributed by atoms with Gasteiger partial charge in [-0.3, -0.25) is 9.10 Å². The number of benzene rings is 4. The Labute approximate surface area is 202 Å². The van der Waals surface area contributed by atoms with Crippen molar-refractivity contribution in [3.05, 3.63) is 102 Å². The van der Waals surface area contributed by atoms with E-state index in [9.17, 15) is 22.7 Å². The minimum atomic E-state index is -4.18. The van der Waals surface area contributed by atoms with Crippen LogP contribution in [0, 0.1) is 12.7 Å². The summed E-state index contributed by atoms with van der Waals surface area (Å²) in [6.07, 6.45) is 1.31. The maximum Gasteiger partial charge on any atom is 0.264 e. The molecule has 4 aromatic carbocycles. The Kier molecular flexibility index (Phi) is 6.79. The smallest absolute Gasteiger partial charge is 0.264 e. The molecule has 2 N–H and O–H groups in total. The van der Waals surface area contributed by atoms with Gasteiger partial charge in [-0.1, -0.05) is 48.0 Å². The molecule has 0 saturated heterocycles. The number of nitrogens with one attached hydrogen (secondary N) is 1. The van der Waals surface area contributed by atoms with E-state index in [1.54, 1.807) is 30.3 Å². The SMILES string of the molecule is Cc1ccc(N(CC(=O)N/N=C\c2c(O)ccc3ccccc23)S(=O)(=O)c2ccc(F)cc2)cc1. The Hall–Kier alpha value is -4.24. The van der Waals surface area contributed by atoms with E-state index in [0.29, 0.717) is 5.56 Å².